The van der Waals surface area contributed by atoms with E-state index in [1.807, 2.05) is 0 Å². The summed E-state index contributed by atoms with van der Waals surface area (Å²) >= 11 is 0. The number of rotatable bonds is 2. The number of alkyl halides is 2. The van der Waals surface area contributed by atoms with Gasteiger partial charge in [-0.15, -0.1) is 0 Å². The van der Waals surface area contributed by atoms with Gasteiger partial charge in [0.05, 0.1) is 22.9 Å². The summed E-state index contributed by atoms with van der Waals surface area (Å²) in [6.07, 6.45) is -2.45. The summed E-state index contributed by atoms with van der Waals surface area (Å²) < 4.78 is 50.0. The second-order valence-electron chi connectivity index (χ2n) is 4.52. The molecule has 1 fully saturated rings. The molecule has 3 N–H and O–H groups in total. The first-order valence-electron chi connectivity index (χ1n) is 5.59. The van der Waals surface area contributed by atoms with E-state index in [2.05, 4.69) is 15.3 Å². The van der Waals surface area contributed by atoms with E-state index in [0.717, 1.165) is 0 Å². The summed E-state index contributed by atoms with van der Waals surface area (Å²) in [6.45, 7) is 0. The Labute approximate surface area is 106 Å². The van der Waals surface area contributed by atoms with Gasteiger partial charge < -0.3 is 5.73 Å². The third-order valence-electron chi connectivity index (χ3n) is 3.22. The van der Waals surface area contributed by atoms with Gasteiger partial charge in [-0.1, -0.05) is 0 Å². The highest BCUT2D eigenvalue weighted by Gasteiger charge is 2.33. The molecular formula is C9H11F2N5O2S. The van der Waals surface area contributed by atoms with E-state index in [9.17, 15) is 17.2 Å². The van der Waals surface area contributed by atoms with Crippen LogP contribution in [0, 0.1) is 0 Å². The Bertz CT molecular complexity index is 735. The summed E-state index contributed by atoms with van der Waals surface area (Å²) in [6, 6.07) is -0.470. The quantitative estimate of drug-likeness (QED) is 0.844. The molecule has 0 saturated carbocycles. The van der Waals surface area contributed by atoms with Gasteiger partial charge in [-0.3, -0.25) is 5.10 Å². The van der Waals surface area contributed by atoms with Crippen LogP contribution in [0.2, 0.25) is 0 Å². The van der Waals surface area contributed by atoms with Crippen molar-refractivity contribution in [3.05, 3.63) is 5.69 Å². The van der Waals surface area contributed by atoms with Crippen molar-refractivity contribution in [2.75, 3.05) is 17.2 Å². The van der Waals surface area contributed by atoms with Crippen molar-refractivity contribution in [3.8, 4) is 0 Å². The number of anilines is 1. The number of H-pyrrole nitrogens is 1. The largest absolute Gasteiger partial charge is 0.383 e. The lowest BCUT2D eigenvalue weighted by Gasteiger charge is -2.07. The molecule has 0 aromatic carbocycles. The predicted octanol–water partition coefficient (Wildman–Crippen LogP) is 0.639. The smallest absolute Gasteiger partial charge is 0.282 e. The van der Waals surface area contributed by atoms with Crippen molar-refractivity contribution in [2.24, 2.45) is 0 Å². The Hall–Kier alpha value is -1.71. The van der Waals surface area contributed by atoms with Crippen LogP contribution >= 0.6 is 0 Å². The minimum atomic E-state index is -3.13. The highest BCUT2D eigenvalue weighted by molar-refractivity contribution is 7.91. The first-order valence-corrected chi connectivity index (χ1v) is 7.41. The van der Waals surface area contributed by atoms with Gasteiger partial charge >= 0.3 is 0 Å². The number of aromatic nitrogens is 4. The van der Waals surface area contributed by atoms with E-state index in [1.54, 1.807) is 0 Å². The number of nitrogens with two attached hydrogens (primary N) is 1. The number of nitrogens with one attached hydrogen (secondary N) is 1. The van der Waals surface area contributed by atoms with Crippen molar-refractivity contribution in [3.63, 3.8) is 0 Å². The number of nitrogen functional groups attached to an aromatic ring is 1. The summed E-state index contributed by atoms with van der Waals surface area (Å²) in [4.78, 5) is 0. The normalized spacial score (nSPS) is 22.6. The fraction of sp³-hybridized carbons (Fsp3) is 0.556. The van der Waals surface area contributed by atoms with E-state index >= 15 is 0 Å². The number of hydrogen-bond acceptors (Lipinski definition) is 5. The van der Waals surface area contributed by atoms with Crippen molar-refractivity contribution in [1.82, 2.24) is 20.0 Å². The Kier molecular flexibility index (Phi) is 2.52. The Morgan fingerprint density at radius 1 is 1.47 bits per heavy atom. The molecule has 1 aliphatic rings. The van der Waals surface area contributed by atoms with Crippen molar-refractivity contribution in [1.29, 1.82) is 0 Å². The van der Waals surface area contributed by atoms with Crippen LogP contribution in [-0.4, -0.2) is 39.9 Å². The van der Waals surface area contributed by atoms with E-state index in [1.165, 1.54) is 4.68 Å². The maximum absolute atomic E-state index is 12.9. The second kappa shape index (κ2) is 3.89. The molecule has 0 radical (unpaired) electrons. The minimum Gasteiger partial charge on any atom is -0.383 e. The molecule has 0 bridgehead atoms. The molecule has 0 aliphatic carbocycles. The molecule has 104 valence electrons. The van der Waals surface area contributed by atoms with Gasteiger partial charge in [0.15, 0.2) is 15.5 Å². The van der Waals surface area contributed by atoms with Gasteiger partial charge in [-0.25, -0.2) is 21.9 Å². The summed E-state index contributed by atoms with van der Waals surface area (Å²) in [5, 5.41) is 10.1. The van der Waals surface area contributed by atoms with Crippen molar-refractivity contribution < 1.29 is 17.2 Å². The molecular weight excluding hydrogens is 280 g/mol. The molecule has 3 heterocycles. The predicted molar refractivity (Wildman–Crippen MR) is 63.6 cm³/mol. The molecule has 1 aliphatic heterocycles. The highest BCUT2D eigenvalue weighted by Crippen LogP contribution is 2.33. The minimum absolute atomic E-state index is 0.0115. The number of hydrogen-bond donors (Lipinski definition) is 2. The Morgan fingerprint density at radius 2 is 2.21 bits per heavy atom. The number of aromatic amines is 1. The zero-order chi connectivity index (χ0) is 13.8. The molecule has 1 unspecified atom stereocenters. The molecule has 19 heavy (non-hydrogen) atoms. The van der Waals surface area contributed by atoms with Crippen LogP contribution in [0.25, 0.3) is 11.0 Å². The molecule has 2 aromatic rings. The standard InChI is InChI=1S/C9H11F2N5O2S/c10-7(11)6-5-8(12)13-14-9(5)16(15-6)4-1-2-19(17,18)3-4/h4,7H,1-3H2,(H3,12,13,14). The average Bonchev–Trinajstić information content (AvgIpc) is 2.94. The topological polar surface area (TPSA) is 107 Å². The second-order valence-corrected chi connectivity index (χ2v) is 6.75. The van der Waals surface area contributed by atoms with Crippen LogP contribution in [-0.2, 0) is 9.84 Å². The fourth-order valence-electron chi connectivity index (χ4n) is 2.35. The van der Waals surface area contributed by atoms with Crippen LogP contribution in [0.15, 0.2) is 0 Å². The molecule has 7 nitrogen and oxygen atoms in total. The number of halogens is 2. The molecule has 1 atom stereocenters. The lowest BCUT2D eigenvalue weighted by atomic mass is 10.2. The third-order valence-corrected chi connectivity index (χ3v) is 4.98. The van der Waals surface area contributed by atoms with Crippen LogP contribution in [0.5, 0.6) is 0 Å². The molecule has 0 spiro atoms. The molecule has 3 rings (SSSR count). The van der Waals surface area contributed by atoms with Crippen LogP contribution in [0.4, 0.5) is 14.6 Å². The molecule has 0 amide bonds. The van der Waals surface area contributed by atoms with E-state index in [-0.39, 0.29) is 28.4 Å². The first kappa shape index (κ1) is 12.3. The summed E-state index contributed by atoms with van der Waals surface area (Å²) in [7, 11) is -3.13. The summed E-state index contributed by atoms with van der Waals surface area (Å²) in [5.74, 6) is -0.0697. The number of sulfone groups is 1. The maximum Gasteiger partial charge on any atom is 0.282 e. The molecule has 1 saturated heterocycles. The Balaban J connectivity index is 2.15. The lowest BCUT2D eigenvalue weighted by Crippen LogP contribution is -2.13. The van der Waals surface area contributed by atoms with Gasteiger partial charge in [0.25, 0.3) is 6.43 Å². The van der Waals surface area contributed by atoms with Gasteiger partial charge in [0, 0.05) is 0 Å². The molecule has 2 aromatic heterocycles. The maximum atomic E-state index is 12.9. The van der Waals surface area contributed by atoms with E-state index < -0.39 is 28.0 Å². The van der Waals surface area contributed by atoms with Crippen LogP contribution in [0.3, 0.4) is 0 Å². The fourth-order valence-corrected chi connectivity index (χ4v) is 4.04. The van der Waals surface area contributed by atoms with E-state index in [0.29, 0.717) is 6.42 Å². The summed E-state index contributed by atoms with van der Waals surface area (Å²) in [5.41, 5.74) is 5.27. The average molecular weight is 291 g/mol. The third kappa shape index (κ3) is 1.86. The van der Waals surface area contributed by atoms with Crippen LogP contribution in [0.1, 0.15) is 24.6 Å². The van der Waals surface area contributed by atoms with Crippen molar-refractivity contribution in [2.45, 2.75) is 18.9 Å². The van der Waals surface area contributed by atoms with Gasteiger partial charge in [-0.2, -0.15) is 10.2 Å². The highest BCUT2D eigenvalue weighted by atomic mass is 32.2. The SMILES string of the molecule is Nc1[nH]nc2c1c(C(F)F)nn2C1CCS(=O)(=O)C1. The zero-order valence-corrected chi connectivity index (χ0v) is 10.5. The van der Waals surface area contributed by atoms with Crippen LogP contribution < -0.4 is 5.73 Å². The zero-order valence-electron chi connectivity index (χ0n) is 9.68. The molecule has 10 heteroatoms. The lowest BCUT2D eigenvalue weighted by molar-refractivity contribution is 0.146. The van der Waals surface area contributed by atoms with Gasteiger partial charge in [0.2, 0.25) is 0 Å². The van der Waals surface area contributed by atoms with Crippen molar-refractivity contribution >= 4 is 26.7 Å². The van der Waals surface area contributed by atoms with Gasteiger partial charge in [0.1, 0.15) is 11.5 Å². The monoisotopic (exact) mass is 291 g/mol. The van der Waals surface area contributed by atoms with E-state index in [4.69, 9.17) is 5.73 Å². The Morgan fingerprint density at radius 3 is 2.79 bits per heavy atom. The first-order chi connectivity index (χ1) is 8.89. The number of nitrogens with zero attached hydrogens (tertiary/aromatic N) is 3. The van der Waals surface area contributed by atoms with Gasteiger partial charge in [-0.05, 0) is 6.42 Å². The number of fused-ring (bicyclic) bond motifs is 1.